The molecule has 0 saturated carbocycles. The Bertz CT molecular complexity index is 584. The third kappa shape index (κ3) is 2.84. The van der Waals surface area contributed by atoms with E-state index in [4.69, 9.17) is 12.2 Å². The van der Waals surface area contributed by atoms with Crippen molar-refractivity contribution >= 4 is 45.4 Å². The molecule has 0 unspecified atom stereocenters. The molecule has 18 heavy (non-hydrogen) atoms. The Labute approximate surface area is 124 Å². The molecule has 4 nitrogen and oxygen atoms in total. The van der Waals surface area contributed by atoms with Gasteiger partial charge in [0.25, 0.3) is 0 Å². The molecule has 0 aromatic carbocycles. The molecule has 98 valence electrons. The van der Waals surface area contributed by atoms with Crippen LogP contribution in [0.15, 0.2) is 15.2 Å². The van der Waals surface area contributed by atoms with Gasteiger partial charge >= 0.3 is 0 Å². The van der Waals surface area contributed by atoms with E-state index in [9.17, 15) is 0 Å². The fourth-order valence-electron chi connectivity index (χ4n) is 1.80. The third-order valence-electron chi connectivity index (χ3n) is 2.59. The molecule has 0 spiro atoms. The predicted octanol–water partition coefficient (Wildman–Crippen LogP) is 3.98. The van der Waals surface area contributed by atoms with Crippen LogP contribution < -0.4 is 4.90 Å². The van der Waals surface area contributed by atoms with Crippen LogP contribution in [0.1, 0.15) is 25.5 Å². The summed E-state index contributed by atoms with van der Waals surface area (Å²) < 4.78 is 3.84. The Balaban J connectivity index is 2.24. The average molecular weight is 347 g/mol. The van der Waals surface area contributed by atoms with Crippen molar-refractivity contribution in [1.82, 2.24) is 14.8 Å². The van der Waals surface area contributed by atoms with E-state index in [2.05, 4.69) is 56.3 Å². The van der Waals surface area contributed by atoms with Gasteiger partial charge in [-0.05, 0) is 59.0 Å². The maximum absolute atomic E-state index is 5.25. The van der Waals surface area contributed by atoms with Gasteiger partial charge in [0.05, 0.1) is 3.79 Å². The number of thiophene rings is 1. The van der Waals surface area contributed by atoms with Crippen molar-refractivity contribution < 1.29 is 0 Å². The molecule has 0 fully saturated rings. The van der Waals surface area contributed by atoms with Crippen LogP contribution in [0.2, 0.25) is 0 Å². The summed E-state index contributed by atoms with van der Waals surface area (Å²) in [6.07, 6.45) is 0. The summed E-state index contributed by atoms with van der Waals surface area (Å²) >= 11 is 10.4. The first-order chi connectivity index (χ1) is 8.49. The van der Waals surface area contributed by atoms with E-state index in [1.807, 2.05) is 11.6 Å². The number of aromatic nitrogens is 3. The summed E-state index contributed by atoms with van der Waals surface area (Å²) in [7, 11) is 2.02. The molecular weight excluding hydrogens is 332 g/mol. The van der Waals surface area contributed by atoms with Crippen LogP contribution in [0.4, 0.5) is 5.95 Å². The molecule has 0 bridgehead atoms. The van der Waals surface area contributed by atoms with Crippen molar-refractivity contribution in [3.05, 3.63) is 25.6 Å². The number of aromatic amines is 1. The summed E-state index contributed by atoms with van der Waals surface area (Å²) in [5.74, 6) is 0.873. The number of halogens is 1. The standard InChI is InChI=1S/C11H15BrN4S2/c1-7(2)16-10(13-14-11(16)17)15(3)5-8-4-9(12)18-6-8/h4,6-7H,5H2,1-3H3,(H,14,17). The number of H-pyrrole nitrogens is 1. The van der Waals surface area contributed by atoms with E-state index in [0.29, 0.717) is 10.8 Å². The molecule has 2 aromatic heterocycles. The zero-order chi connectivity index (χ0) is 13.3. The molecule has 2 heterocycles. The van der Waals surface area contributed by atoms with E-state index < -0.39 is 0 Å². The fourth-order valence-corrected chi connectivity index (χ4v) is 3.34. The van der Waals surface area contributed by atoms with Crippen molar-refractivity contribution in [2.24, 2.45) is 0 Å². The lowest BCUT2D eigenvalue weighted by Gasteiger charge is -2.20. The van der Waals surface area contributed by atoms with Gasteiger partial charge in [-0.2, -0.15) is 0 Å². The van der Waals surface area contributed by atoms with Gasteiger partial charge in [-0.1, -0.05) is 0 Å². The van der Waals surface area contributed by atoms with Crippen molar-refractivity contribution in [2.45, 2.75) is 26.4 Å². The summed E-state index contributed by atoms with van der Waals surface area (Å²) in [5, 5.41) is 9.30. The third-order valence-corrected chi connectivity index (χ3v) is 4.43. The van der Waals surface area contributed by atoms with Crippen molar-refractivity contribution in [1.29, 1.82) is 0 Å². The zero-order valence-corrected chi connectivity index (χ0v) is 13.7. The molecule has 0 amide bonds. The largest absolute Gasteiger partial charge is 0.340 e. The Hall–Kier alpha value is -0.660. The highest BCUT2D eigenvalue weighted by Crippen LogP contribution is 2.23. The first-order valence-corrected chi connectivity index (χ1v) is 7.68. The van der Waals surface area contributed by atoms with Crippen LogP contribution >= 0.6 is 39.5 Å². The molecule has 1 N–H and O–H groups in total. The second-order valence-electron chi connectivity index (χ2n) is 4.41. The topological polar surface area (TPSA) is 36.9 Å². The lowest BCUT2D eigenvalue weighted by molar-refractivity contribution is 0.583. The zero-order valence-electron chi connectivity index (χ0n) is 10.5. The van der Waals surface area contributed by atoms with Crippen molar-refractivity contribution in [3.8, 4) is 0 Å². The molecule has 0 atom stereocenters. The first-order valence-electron chi connectivity index (χ1n) is 5.60. The van der Waals surface area contributed by atoms with Gasteiger partial charge in [0.15, 0.2) is 4.77 Å². The van der Waals surface area contributed by atoms with Gasteiger partial charge in [-0.25, -0.2) is 5.10 Å². The molecule has 0 radical (unpaired) electrons. The Morgan fingerprint density at radius 2 is 2.33 bits per heavy atom. The van der Waals surface area contributed by atoms with E-state index in [0.717, 1.165) is 16.3 Å². The van der Waals surface area contributed by atoms with Crippen LogP contribution in [-0.2, 0) is 6.54 Å². The minimum absolute atomic E-state index is 0.294. The molecular formula is C11H15BrN4S2. The Morgan fingerprint density at radius 3 is 2.89 bits per heavy atom. The van der Waals surface area contributed by atoms with Crippen LogP contribution in [0.25, 0.3) is 0 Å². The number of hydrogen-bond donors (Lipinski definition) is 1. The van der Waals surface area contributed by atoms with Gasteiger partial charge in [0.1, 0.15) is 0 Å². The maximum Gasteiger partial charge on any atom is 0.226 e. The minimum atomic E-state index is 0.294. The van der Waals surface area contributed by atoms with Gasteiger partial charge in [-0.3, -0.25) is 4.57 Å². The van der Waals surface area contributed by atoms with Crippen molar-refractivity contribution in [2.75, 3.05) is 11.9 Å². The number of hydrogen-bond acceptors (Lipinski definition) is 4. The normalized spacial score (nSPS) is 11.2. The second kappa shape index (κ2) is 5.54. The first kappa shape index (κ1) is 13.8. The maximum atomic E-state index is 5.25. The molecule has 7 heteroatoms. The summed E-state index contributed by atoms with van der Waals surface area (Å²) in [5.41, 5.74) is 1.26. The monoisotopic (exact) mass is 346 g/mol. The van der Waals surface area contributed by atoms with E-state index in [1.54, 1.807) is 11.3 Å². The highest BCUT2D eigenvalue weighted by molar-refractivity contribution is 9.11. The SMILES string of the molecule is CC(C)n1c(N(C)Cc2csc(Br)c2)n[nH]c1=S. The smallest absolute Gasteiger partial charge is 0.226 e. The Kier molecular flexibility index (Phi) is 4.24. The van der Waals surface area contributed by atoms with Gasteiger partial charge < -0.3 is 4.90 Å². The second-order valence-corrected chi connectivity index (χ2v) is 7.08. The van der Waals surface area contributed by atoms with Gasteiger partial charge in [0, 0.05) is 19.6 Å². The fraction of sp³-hybridized carbons (Fsp3) is 0.455. The quantitative estimate of drug-likeness (QED) is 0.850. The molecule has 0 aliphatic carbocycles. The lowest BCUT2D eigenvalue weighted by atomic mass is 10.3. The summed E-state index contributed by atoms with van der Waals surface area (Å²) in [4.78, 5) is 2.10. The summed E-state index contributed by atoms with van der Waals surface area (Å²) in [6.45, 7) is 5.02. The molecule has 2 rings (SSSR count). The van der Waals surface area contributed by atoms with Crippen LogP contribution in [0.3, 0.4) is 0 Å². The number of nitrogens with one attached hydrogen (secondary N) is 1. The number of anilines is 1. The van der Waals surface area contributed by atoms with Crippen molar-refractivity contribution in [3.63, 3.8) is 0 Å². The van der Waals surface area contributed by atoms with Gasteiger partial charge in [0.2, 0.25) is 5.95 Å². The van der Waals surface area contributed by atoms with E-state index in [-0.39, 0.29) is 0 Å². The predicted molar refractivity (Wildman–Crippen MR) is 81.9 cm³/mol. The minimum Gasteiger partial charge on any atom is -0.340 e. The van der Waals surface area contributed by atoms with Gasteiger partial charge in [-0.15, -0.1) is 16.4 Å². The van der Waals surface area contributed by atoms with E-state index in [1.165, 1.54) is 5.56 Å². The van der Waals surface area contributed by atoms with Crippen LogP contribution in [-0.4, -0.2) is 21.8 Å². The average Bonchev–Trinajstić information content (AvgIpc) is 2.84. The van der Waals surface area contributed by atoms with Crippen LogP contribution in [0.5, 0.6) is 0 Å². The molecule has 0 aliphatic rings. The summed E-state index contributed by atoms with van der Waals surface area (Å²) in [6, 6.07) is 2.42. The Morgan fingerprint density at radius 1 is 1.61 bits per heavy atom. The molecule has 2 aromatic rings. The highest BCUT2D eigenvalue weighted by atomic mass is 79.9. The highest BCUT2D eigenvalue weighted by Gasteiger charge is 2.14. The van der Waals surface area contributed by atoms with Crippen LogP contribution in [0, 0.1) is 4.77 Å². The molecule has 0 aliphatic heterocycles. The number of nitrogens with zero attached hydrogens (tertiary/aromatic N) is 3. The molecule has 0 saturated heterocycles. The number of rotatable bonds is 4. The van der Waals surface area contributed by atoms with E-state index >= 15 is 0 Å². The lowest BCUT2D eigenvalue weighted by Crippen LogP contribution is -2.21.